The quantitative estimate of drug-likeness (QED) is 0.762. The number of carbonyl (C=O) groups excluding carboxylic acids is 1. The Kier molecular flexibility index (Phi) is 5.26. The first-order valence-corrected chi connectivity index (χ1v) is 7.36. The number of allylic oxidation sites excluding steroid dienone is 2. The fraction of sp³-hybridized carbons (Fsp3) is 0.692. The van der Waals surface area contributed by atoms with Crippen LogP contribution in [0.4, 0.5) is 0 Å². The van der Waals surface area contributed by atoms with Gasteiger partial charge in [-0.3, -0.25) is 10.2 Å². The molecule has 2 rings (SSSR count). The summed E-state index contributed by atoms with van der Waals surface area (Å²) in [7, 11) is 0. The Morgan fingerprint density at radius 3 is 2.69 bits per heavy atom. The van der Waals surface area contributed by atoms with Crippen molar-refractivity contribution in [3.05, 3.63) is 12.2 Å². The first-order valence-electron chi connectivity index (χ1n) is 6.08. The molecule has 1 fully saturated rings. The Morgan fingerprint density at radius 1 is 1.38 bits per heavy atom. The highest BCUT2D eigenvalue weighted by Gasteiger charge is 2.38. The molecule has 3 atom stereocenters. The van der Waals surface area contributed by atoms with Crippen LogP contribution in [0.1, 0.15) is 33.1 Å². The predicted molar refractivity (Wildman–Crippen MR) is 71.4 cm³/mol. The van der Waals surface area contributed by atoms with E-state index in [1.807, 2.05) is 25.6 Å². The summed E-state index contributed by atoms with van der Waals surface area (Å²) in [5.41, 5.74) is 0.202. The monoisotopic (exact) mass is 239 g/mol. The number of fused-ring (bicyclic) bond motifs is 1. The summed E-state index contributed by atoms with van der Waals surface area (Å²) in [4.78, 5) is 11.7. The highest BCUT2D eigenvalue weighted by atomic mass is 32.2. The van der Waals surface area contributed by atoms with E-state index in [0.29, 0.717) is 11.2 Å². The molecule has 0 aromatic heterocycles. The van der Waals surface area contributed by atoms with Gasteiger partial charge >= 0.3 is 0 Å². The minimum Gasteiger partial charge on any atom is -0.297 e. The van der Waals surface area contributed by atoms with E-state index >= 15 is 0 Å². The Bertz CT molecular complexity index is 298. The van der Waals surface area contributed by atoms with Crippen LogP contribution in [0.3, 0.4) is 0 Å². The maximum Gasteiger partial charge on any atom is 0.184 e. The van der Waals surface area contributed by atoms with Crippen LogP contribution in [0.5, 0.6) is 0 Å². The molecule has 90 valence electrons. The van der Waals surface area contributed by atoms with Gasteiger partial charge in [0.05, 0.1) is 5.71 Å². The smallest absolute Gasteiger partial charge is 0.184 e. The molecule has 0 heterocycles. The molecule has 1 N–H and O–H groups in total. The second kappa shape index (κ2) is 6.24. The van der Waals surface area contributed by atoms with Gasteiger partial charge in [0.1, 0.15) is 0 Å². The summed E-state index contributed by atoms with van der Waals surface area (Å²) in [5, 5.41) is 8.08. The molecule has 2 aliphatic rings. The van der Waals surface area contributed by atoms with Crippen LogP contribution in [0.25, 0.3) is 0 Å². The first-order chi connectivity index (χ1) is 7.74. The van der Waals surface area contributed by atoms with Crippen LogP contribution in [0, 0.1) is 17.2 Å². The zero-order valence-electron chi connectivity index (χ0n) is 10.3. The van der Waals surface area contributed by atoms with Gasteiger partial charge in [-0.25, -0.2) is 0 Å². The van der Waals surface area contributed by atoms with E-state index in [1.54, 1.807) is 6.08 Å². The molecular weight excluding hydrogens is 218 g/mol. The van der Waals surface area contributed by atoms with Gasteiger partial charge in [0, 0.05) is 11.2 Å². The van der Waals surface area contributed by atoms with Crippen molar-refractivity contribution in [1.82, 2.24) is 0 Å². The number of hydrogen-bond acceptors (Lipinski definition) is 3. The molecule has 0 amide bonds. The molecule has 0 bridgehead atoms. The van der Waals surface area contributed by atoms with Gasteiger partial charge in [0.25, 0.3) is 0 Å². The van der Waals surface area contributed by atoms with Crippen molar-refractivity contribution >= 4 is 23.3 Å². The van der Waals surface area contributed by atoms with Gasteiger partial charge in [-0.1, -0.05) is 26.3 Å². The molecule has 0 saturated heterocycles. The van der Waals surface area contributed by atoms with Crippen molar-refractivity contribution in [2.75, 3.05) is 6.26 Å². The number of hydrogen-bond donors (Lipinski definition) is 1. The summed E-state index contributed by atoms with van der Waals surface area (Å²) in [5.74, 6) is 0.565. The van der Waals surface area contributed by atoms with E-state index < -0.39 is 0 Å². The van der Waals surface area contributed by atoms with Crippen molar-refractivity contribution in [3.8, 4) is 0 Å². The van der Waals surface area contributed by atoms with Crippen molar-refractivity contribution < 1.29 is 4.79 Å². The Morgan fingerprint density at radius 2 is 2.06 bits per heavy atom. The van der Waals surface area contributed by atoms with Crippen LogP contribution in [0.15, 0.2) is 12.2 Å². The van der Waals surface area contributed by atoms with Crippen LogP contribution in [-0.4, -0.2) is 23.0 Å². The molecule has 0 radical (unpaired) electrons. The van der Waals surface area contributed by atoms with Gasteiger partial charge in [-0.15, -0.1) is 0 Å². The summed E-state index contributed by atoms with van der Waals surface area (Å²) in [6, 6.07) is 0. The number of carbonyl (C=O) groups is 1. The SMILES string of the molecule is CC.CSC1CCCC2C(=O)C(=N)C=CC12. The number of rotatable bonds is 1. The third-order valence-electron chi connectivity index (χ3n) is 3.29. The maximum absolute atomic E-state index is 11.7. The van der Waals surface area contributed by atoms with Crippen molar-refractivity contribution in [2.24, 2.45) is 11.8 Å². The molecule has 2 aliphatic carbocycles. The van der Waals surface area contributed by atoms with Crippen molar-refractivity contribution in [1.29, 1.82) is 5.41 Å². The number of thioether (sulfide) groups is 1. The fourth-order valence-electron chi connectivity index (χ4n) is 2.51. The lowest BCUT2D eigenvalue weighted by Gasteiger charge is -2.36. The Hall–Kier alpha value is -0.570. The first kappa shape index (κ1) is 13.5. The van der Waals surface area contributed by atoms with E-state index in [-0.39, 0.29) is 17.4 Å². The number of ketones is 1. The lowest BCUT2D eigenvalue weighted by atomic mass is 9.72. The molecule has 3 unspecified atom stereocenters. The second-order valence-electron chi connectivity index (χ2n) is 4.03. The van der Waals surface area contributed by atoms with E-state index in [2.05, 4.69) is 12.3 Å². The van der Waals surface area contributed by atoms with E-state index in [0.717, 1.165) is 12.8 Å². The molecule has 0 aromatic rings. The second-order valence-corrected chi connectivity index (χ2v) is 5.10. The van der Waals surface area contributed by atoms with Crippen LogP contribution in [-0.2, 0) is 4.79 Å². The van der Waals surface area contributed by atoms with Gasteiger partial charge in [-0.05, 0) is 31.1 Å². The normalized spacial score (nSPS) is 32.8. The third kappa shape index (κ3) is 2.57. The Labute approximate surface area is 102 Å². The topological polar surface area (TPSA) is 40.9 Å². The fourth-order valence-corrected chi connectivity index (χ4v) is 3.51. The minimum absolute atomic E-state index is 0.0660. The van der Waals surface area contributed by atoms with Crippen LogP contribution in [0.2, 0.25) is 0 Å². The zero-order valence-corrected chi connectivity index (χ0v) is 11.1. The van der Waals surface area contributed by atoms with Gasteiger partial charge in [-0.2, -0.15) is 11.8 Å². The lowest BCUT2D eigenvalue weighted by molar-refractivity contribution is -0.118. The Balaban J connectivity index is 0.000000606. The maximum atomic E-state index is 11.7. The van der Waals surface area contributed by atoms with Crippen LogP contribution >= 0.6 is 11.8 Å². The standard InChI is InChI=1S/C11H15NOS.C2H6/c1-14-10-4-2-3-8-7(10)5-6-9(12)11(8)13;1-2/h5-8,10,12H,2-4H2,1H3;1-2H3. The van der Waals surface area contributed by atoms with E-state index in [1.165, 1.54) is 6.42 Å². The van der Waals surface area contributed by atoms with E-state index in [4.69, 9.17) is 5.41 Å². The molecule has 0 aliphatic heterocycles. The minimum atomic E-state index is 0.0660. The predicted octanol–water partition coefficient (Wildman–Crippen LogP) is 3.32. The molecular formula is C13H21NOS. The van der Waals surface area contributed by atoms with E-state index in [9.17, 15) is 4.79 Å². The number of nitrogens with one attached hydrogen (secondary N) is 1. The van der Waals surface area contributed by atoms with Crippen molar-refractivity contribution in [2.45, 2.75) is 38.4 Å². The summed E-state index contributed by atoms with van der Waals surface area (Å²) >= 11 is 1.86. The van der Waals surface area contributed by atoms with Gasteiger partial charge < -0.3 is 0 Å². The van der Waals surface area contributed by atoms with Gasteiger partial charge in [0.2, 0.25) is 0 Å². The molecule has 3 heteroatoms. The van der Waals surface area contributed by atoms with Gasteiger partial charge in [0.15, 0.2) is 5.78 Å². The largest absolute Gasteiger partial charge is 0.297 e. The zero-order chi connectivity index (χ0) is 12.1. The summed E-state index contributed by atoms with van der Waals surface area (Å²) in [6.07, 6.45) is 9.22. The van der Waals surface area contributed by atoms with Crippen LogP contribution < -0.4 is 0 Å². The summed E-state index contributed by atoms with van der Waals surface area (Å²) in [6.45, 7) is 4.00. The molecule has 0 aromatic carbocycles. The highest BCUT2D eigenvalue weighted by Crippen LogP contribution is 2.39. The third-order valence-corrected chi connectivity index (χ3v) is 4.44. The lowest BCUT2D eigenvalue weighted by Crippen LogP contribution is -2.39. The summed E-state index contributed by atoms with van der Waals surface area (Å²) < 4.78 is 0. The molecule has 1 saturated carbocycles. The average Bonchev–Trinajstić information content (AvgIpc) is 2.36. The van der Waals surface area contributed by atoms with Crippen molar-refractivity contribution in [3.63, 3.8) is 0 Å². The molecule has 0 spiro atoms. The highest BCUT2D eigenvalue weighted by molar-refractivity contribution is 7.99. The average molecular weight is 239 g/mol. The molecule has 2 nitrogen and oxygen atoms in total. The molecule has 16 heavy (non-hydrogen) atoms. The number of Topliss-reactive ketones (excluding diaryl/α,β-unsaturated/α-hetero) is 1.